The fourth-order valence-electron chi connectivity index (χ4n) is 1.83. The maximum Gasteiger partial charge on any atom is 0.402 e. The van der Waals surface area contributed by atoms with Crippen molar-refractivity contribution >= 4 is 21.6 Å². The Kier molecular flexibility index (Phi) is 6.07. The quantitative estimate of drug-likeness (QED) is 0.739. The maximum atomic E-state index is 12.6. The Morgan fingerprint density at radius 2 is 1.90 bits per heavy atom. The Balaban J connectivity index is 3.22. The van der Waals surface area contributed by atoms with Crippen molar-refractivity contribution in [3.63, 3.8) is 0 Å². The van der Waals surface area contributed by atoms with Gasteiger partial charge in [-0.1, -0.05) is 13.0 Å². The van der Waals surface area contributed by atoms with E-state index in [9.17, 15) is 21.6 Å². The lowest BCUT2D eigenvalue weighted by atomic mass is 10.1. The summed E-state index contributed by atoms with van der Waals surface area (Å²) in [6, 6.07) is 4.18. The molecule has 0 unspecified atom stereocenters. The Morgan fingerprint density at radius 1 is 1.29 bits per heavy atom. The Bertz CT molecular complexity index is 588. The van der Waals surface area contributed by atoms with E-state index < -0.39 is 22.7 Å². The highest BCUT2D eigenvalue weighted by molar-refractivity contribution is 7.89. The van der Waals surface area contributed by atoms with Gasteiger partial charge in [0.25, 0.3) is 0 Å². The number of alkyl halides is 4. The summed E-state index contributed by atoms with van der Waals surface area (Å²) in [6.07, 6.45) is -4.29. The average Bonchev–Trinajstić information content (AvgIpc) is 2.37. The van der Waals surface area contributed by atoms with E-state index in [-0.39, 0.29) is 17.3 Å². The van der Waals surface area contributed by atoms with E-state index in [1.54, 1.807) is 19.9 Å². The molecule has 0 radical (unpaired) electrons. The first-order valence-electron chi connectivity index (χ1n) is 6.34. The van der Waals surface area contributed by atoms with Gasteiger partial charge in [-0.3, -0.25) is 0 Å². The molecule has 0 aliphatic heterocycles. The molecule has 0 saturated carbocycles. The van der Waals surface area contributed by atoms with Crippen LogP contribution in [0.15, 0.2) is 23.1 Å². The number of hydrogen-bond acceptors (Lipinski definition) is 2. The van der Waals surface area contributed by atoms with Gasteiger partial charge in [0.15, 0.2) is 0 Å². The third-order valence-electron chi connectivity index (χ3n) is 2.93. The molecule has 0 atom stereocenters. The van der Waals surface area contributed by atoms with Crippen molar-refractivity contribution in [2.45, 2.75) is 37.2 Å². The molecule has 1 rings (SSSR count). The third kappa shape index (κ3) is 4.86. The van der Waals surface area contributed by atoms with E-state index in [1.165, 1.54) is 12.1 Å². The second-order valence-corrected chi connectivity index (χ2v) is 6.88. The molecule has 0 fully saturated rings. The largest absolute Gasteiger partial charge is 0.402 e. The summed E-state index contributed by atoms with van der Waals surface area (Å²) >= 11 is 5.71. The summed E-state index contributed by atoms with van der Waals surface area (Å²) in [7, 11) is -4.19. The summed E-state index contributed by atoms with van der Waals surface area (Å²) in [6.45, 7) is 1.70. The van der Waals surface area contributed by atoms with E-state index in [0.717, 1.165) is 5.56 Å². The lowest BCUT2D eigenvalue weighted by molar-refractivity contribution is -0.136. The molecule has 0 aromatic heterocycles. The van der Waals surface area contributed by atoms with E-state index in [4.69, 9.17) is 11.6 Å². The summed E-state index contributed by atoms with van der Waals surface area (Å²) in [5.74, 6) is 0.0994. The van der Waals surface area contributed by atoms with E-state index >= 15 is 0 Å². The van der Waals surface area contributed by atoms with Crippen LogP contribution in [0.5, 0.6) is 0 Å². The normalized spacial score (nSPS) is 12.9. The first-order chi connectivity index (χ1) is 9.61. The molecule has 0 saturated heterocycles. The van der Waals surface area contributed by atoms with Gasteiger partial charge >= 0.3 is 6.18 Å². The first kappa shape index (κ1) is 18.3. The van der Waals surface area contributed by atoms with Crippen LogP contribution in [0.4, 0.5) is 13.2 Å². The van der Waals surface area contributed by atoms with Crippen LogP contribution >= 0.6 is 11.6 Å². The van der Waals surface area contributed by atoms with Crippen molar-refractivity contribution in [3.05, 3.63) is 29.3 Å². The highest BCUT2D eigenvalue weighted by Crippen LogP contribution is 2.25. The molecule has 1 aromatic carbocycles. The summed E-state index contributed by atoms with van der Waals surface area (Å²) < 4.78 is 62.9. The van der Waals surface area contributed by atoms with Crippen molar-refractivity contribution in [3.8, 4) is 0 Å². The molecule has 8 heteroatoms. The highest BCUT2D eigenvalue weighted by atomic mass is 35.5. The van der Waals surface area contributed by atoms with Crippen LogP contribution in [0, 0.1) is 6.92 Å². The number of halogens is 4. The topological polar surface area (TPSA) is 37.4 Å². The van der Waals surface area contributed by atoms with Crippen molar-refractivity contribution in [1.82, 2.24) is 4.31 Å². The van der Waals surface area contributed by atoms with Gasteiger partial charge in [0.2, 0.25) is 10.0 Å². The minimum Gasteiger partial charge on any atom is -0.207 e. The minimum absolute atomic E-state index is 0.0994. The van der Waals surface area contributed by atoms with E-state index in [0.29, 0.717) is 16.3 Å². The third-order valence-corrected chi connectivity index (χ3v) is 5.06. The number of hydrogen-bond donors (Lipinski definition) is 0. The lowest BCUT2D eigenvalue weighted by Gasteiger charge is -2.23. The molecule has 0 heterocycles. The van der Waals surface area contributed by atoms with Gasteiger partial charge in [-0.25, -0.2) is 8.42 Å². The van der Waals surface area contributed by atoms with Crippen molar-refractivity contribution in [2.75, 3.05) is 13.1 Å². The van der Waals surface area contributed by atoms with Crippen molar-refractivity contribution in [2.24, 2.45) is 0 Å². The predicted molar refractivity (Wildman–Crippen MR) is 75.8 cm³/mol. The van der Waals surface area contributed by atoms with Gasteiger partial charge in [-0.2, -0.15) is 17.5 Å². The van der Waals surface area contributed by atoms with Crippen LogP contribution in [0.25, 0.3) is 0 Å². The second-order valence-electron chi connectivity index (χ2n) is 4.68. The molecule has 120 valence electrons. The number of rotatable bonds is 6. The molecule has 0 aliphatic carbocycles. The molecule has 1 aromatic rings. The van der Waals surface area contributed by atoms with Crippen LogP contribution in [-0.2, 0) is 15.9 Å². The lowest BCUT2D eigenvalue weighted by Crippen LogP contribution is -2.39. The average molecular weight is 344 g/mol. The van der Waals surface area contributed by atoms with E-state index in [1.807, 2.05) is 0 Å². The molecule has 0 spiro atoms. The van der Waals surface area contributed by atoms with Gasteiger partial charge in [0, 0.05) is 12.4 Å². The van der Waals surface area contributed by atoms with Crippen LogP contribution in [0.3, 0.4) is 0 Å². The first-order valence-corrected chi connectivity index (χ1v) is 8.31. The van der Waals surface area contributed by atoms with E-state index in [2.05, 4.69) is 0 Å². The Hall–Kier alpha value is -0.790. The molecule has 21 heavy (non-hydrogen) atoms. The van der Waals surface area contributed by atoms with Gasteiger partial charge < -0.3 is 0 Å². The van der Waals surface area contributed by atoms with Crippen LogP contribution in [-0.4, -0.2) is 32.0 Å². The molecular weight excluding hydrogens is 327 g/mol. The summed E-state index contributed by atoms with van der Waals surface area (Å²) in [4.78, 5) is -0.165. The summed E-state index contributed by atoms with van der Waals surface area (Å²) in [5.41, 5.74) is 1.38. The van der Waals surface area contributed by atoms with Crippen molar-refractivity contribution in [1.29, 1.82) is 0 Å². The zero-order chi connectivity index (χ0) is 16.3. The monoisotopic (exact) mass is 343 g/mol. The predicted octanol–water partition coefficient (Wildman–Crippen LogP) is 3.70. The number of aryl methyl sites for hydroxylation is 1. The number of nitrogens with zero attached hydrogens (tertiary/aromatic N) is 1. The fraction of sp³-hybridized carbons (Fsp3) is 0.538. The highest BCUT2D eigenvalue weighted by Gasteiger charge is 2.36. The molecular formula is C13H17ClF3NO2S. The van der Waals surface area contributed by atoms with Gasteiger partial charge in [0.1, 0.15) is 6.54 Å². The molecule has 3 nitrogen and oxygen atoms in total. The van der Waals surface area contributed by atoms with Gasteiger partial charge in [-0.05, 0) is 36.6 Å². The second kappa shape index (κ2) is 6.98. The molecule has 0 aliphatic rings. The molecule has 0 bridgehead atoms. The Morgan fingerprint density at radius 3 is 2.38 bits per heavy atom. The zero-order valence-corrected chi connectivity index (χ0v) is 13.3. The molecule has 0 amide bonds. The van der Waals surface area contributed by atoms with Crippen LogP contribution in [0.2, 0.25) is 0 Å². The standard InChI is InChI=1S/C13H17ClF3NO2S/c1-3-6-18(9-13(15,16)17)21(19,20)12-5-4-10(2)11(7-12)8-14/h4-5,7H,3,6,8-9H2,1-2H3. The van der Waals surface area contributed by atoms with Crippen LogP contribution in [0.1, 0.15) is 24.5 Å². The molecule has 0 N–H and O–H groups in total. The number of benzene rings is 1. The van der Waals surface area contributed by atoms with Crippen LogP contribution < -0.4 is 0 Å². The summed E-state index contributed by atoms with van der Waals surface area (Å²) in [5, 5.41) is 0. The number of sulfonamides is 1. The smallest absolute Gasteiger partial charge is 0.207 e. The zero-order valence-electron chi connectivity index (χ0n) is 11.7. The Labute approximate surface area is 127 Å². The van der Waals surface area contributed by atoms with Crippen molar-refractivity contribution < 1.29 is 21.6 Å². The SMILES string of the molecule is CCCN(CC(F)(F)F)S(=O)(=O)c1ccc(C)c(CCl)c1. The van der Waals surface area contributed by atoms with Gasteiger partial charge in [0.05, 0.1) is 4.90 Å². The van der Waals surface area contributed by atoms with Gasteiger partial charge in [-0.15, -0.1) is 11.6 Å². The minimum atomic E-state index is -4.58. The maximum absolute atomic E-state index is 12.6. The fourth-order valence-corrected chi connectivity index (χ4v) is 3.69.